The van der Waals surface area contributed by atoms with Gasteiger partial charge in [0.25, 0.3) is 0 Å². The van der Waals surface area contributed by atoms with Crippen LogP contribution in [-0.2, 0) is 0 Å². The van der Waals surface area contributed by atoms with Gasteiger partial charge in [-0.05, 0) is 50.7 Å². The van der Waals surface area contributed by atoms with E-state index in [1.165, 1.54) is 25.9 Å². The highest BCUT2D eigenvalue weighted by Gasteiger charge is 2.16. The van der Waals surface area contributed by atoms with Crippen LogP contribution in [0.15, 0.2) is 42.9 Å². The van der Waals surface area contributed by atoms with E-state index in [1.54, 1.807) is 0 Å². The van der Waals surface area contributed by atoms with Gasteiger partial charge >= 0.3 is 0 Å². The minimum Gasteiger partial charge on any atom is -0.383 e. The molecule has 4 heterocycles. The highest BCUT2D eigenvalue weighted by Crippen LogP contribution is 2.27. The zero-order valence-corrected chi connectivity index (χ0v) is 18.3. The molecular formula is C24H31N7. The Kier molecular flexibility index (Phi) is 5.95. The van der Waals surface area contributed by atoms with E-state index in [0.717, 1.165) is 72.9 Å². The first kappa shape index (κ1) is 20.2. The molecule has 0 aliphatic carbocycles. The summed E-state index contributed by atoms with van der Waals surface area (Å²) in [6, 6.07) is 8.50. The Morgan fingerprint density at radius 3 is 2.42 bits per heavy atom. The molecule has 0 saturated carbocycles. The lowest BCUT2D eigenvalue weighted by Crippen LogP contribution is -2.45. The molecule has 7 heteroatoms. The summed E-state index contributed by atoms with van der Waals surface area (Å²) in [6.45, 7) is 8.58. The van der Waals surface area contributed by atoms with Crippen molar-refractivity contribution >= 4 is 22.5 Å². The van der Waals surface area contributed by atoms with E-state index in [0.29, 0.717) is 0 Å². The maximum Gasteiger partial charge on any atom is 0.225 e. The number of benzene rings is 1. The quantitative estimate of drug-likeness (QED) is 0.662. The molecule has 3 aromatic rings. The average molecular weight is 418 g/mol. The number of likely N-dealkylation sites (N-methyl/N-ethyl adjacent to an activating group) is 1. The van der Waals surface area contributed by atoms with Crippen LogP contribution in [0.25, 0.3) is 22.0 Å². The van der Waals surface area contributed by atoms with Crippen LogP contribution in [0, 0.1) is 0 Å². The van der Waals surface area contributed by atoms with Gasteiger partial charge in [0, 0.05) is 74.5 Å². The second kappa shape index (κ2) is 9.16. The zero-order valence-electron chi connectivity index (χ0n) is 18.3. The minimum absolute atomic E-state index is 0.820. The number of rotatable bonds is 6. The number of nitrogens with zero attached hydrogens (tertiary/aromatic N) is 6. The number of aromatic nitrogens is 3. The van der Waals surface area contributed by atoms with Crippen molar-refractivity contribution in [2.75, 3.05) is 69.6 Å². The van der Waals surface area contributed by atoms with E-state index in [1.807, 2.05) is 18.6 Å². The molecule has 0 spiro atoms. The van der Waals surface area contributed by atoms with Crippen molar-refractivity contribution in [3.05, 3.63) is 42.9 Å². The molecule has 162 valence electrons. The fourth-order valence-corrected chi connectivity index (χ4v) is 4.48. The van der Waals surface area contributed by atoms with Crippen molar-refractivity contribution in [3.63, 3.8) is 0 Å². The normalized spacial score (nSPS) is 18.0. The maximum atomic E-state index is 4.64. The first-order valence-corrected chi connectivity index (χ1v) is 11.4. The van der Waals surface area contributed by atoms with Gasteiger partial charge in [0.1, 0.15) is 0 Å². The van der Waals surface area contributed by atoms with Crippen LogP contribution >= 0.6 is 0 Å². The molecule has 2 aliphatic heterocycles. The van der Waals surface area contributed by atoms with Crippen LogP contribution in [0.5, 0.6) is 0 Å². The molecular weight excluding hydrogens is 386 g/mol. The molecule has 0 amide bonds. The average Bonchev–Trinajstić information content (AvgIpc) is 3.33. The van der Waals surface area contributed by atoms with Gasteiger partial charge in [-0.15, -0.1) is 0 Å². The topological polar surface area (TPSA) is 60.4 Å². The van der Waals surface area contributed by atoms with E-state index in [4.69, 9.17) is 0 Å². The molecule has 0 unspecified atom stereocenters. The summed E-state index contributed by atoms with van der Waals surface area (Å²) in [5.74, 6) is 0.820. The van der Waals surface area contributed by atoms with Crippen molar-refractivity contribution in [3.8, 4) is 11.1 Å². The van der Waals surface area contributed by atoms with Crippen LogP contribution in [-0.4, -0.2) is 84.2 Å². The second-order valence-corrected chi connectivity index (χ2v) is 8.63. The molecule has 5 rings (SSSR count). The number of hydrogen-bond donors (Lipinski definition) is 1. The van der Waals surface area contributed by atoms with Gasteiger partial charge in [0.05, 0.1) is 5.52 Å². The Labute approximate surface area is 184 Å². The summed E-state index contributed by atoms with van der Waals surface area (Å²) >= 11 is 0. The zero-order chi connectivity index (χ0) is 21.0. The summed E-state index contributed by atoms with van der Waals surface area (Å²) < 4.78 is 0. The lowest BCUT2D eigenvalue weighted by molar-refractivity contribution is 0.311. The Morgan fingerprint density at radius 2 is 1.65 bits per heavy atom. The van der Waals surface area contributed by atoms with Crippen LogP contribution in [0.1, 0.15) is 12.8 Å². The standard InChI is InChI=1S/C24H31N7/c1-29-12-14-31(15-13-29)24-27-17-20(18-28-24)19-4-5-21-22(6-7-25-23(21)16-19)26-8-11-30-9-2-3-10-30/h4-7,16-18H,2-3,8-15H2,1H3,(H,25,26). The first-order valence-electron chi connectivity index (χ1n) is 11.4. The van der Waals surface area contributed by atoms with Gasteiger partial charge < -0.3 is 20.0 Å². The summed E-state index contributed by atoms with van der Waals surface area (Å²) in [7, 11) is 2.16. The Hall–Kier alpha value is -2.77. The van der Waals surface area contributed by atoms with E-state index >= 15 is 0 Å². The van der Waals surface area contributed by atoms with Gasteiger partial charge in [-0.3, -0.25) is 4.98 Å². The lowest BCUT2D eigenvalue weighted by atomic mass is 10.1. The van der Waals surface area contributed by atoms with Gasteiger partial charge in [-0.1, -0.05) is 12.1 Å². The number of fused-ring (bicyclic) bond motifs is 1. The second-order valence-electron chi connectivity index (χ2n) is 8.63. The number of nitrogens with one attached hydrogen (secondary N) is 1. The maximum absolute atomic E-state index is 4.64. The molecule has 0 bridgehead atoms. The Morgan fingerprint density at radius 1 is 0.871 bits per heavy atom. The molecule has 7 nitrogen and oxygen atoms in total. The number of anilines is 2. The van der Waals surface area contributed by atoms with Crippen LogP contribution in [0.3, 0.4) is 0 Å². The van der Waals surface area contributed by atoms with Gasteiger partial charge in [0.15, 0.2) is 0 Å². The van der Waals surface area contributed by atoms with E-state index in [2.05, 4.69) is 66.3 Å². The van der Waals surface area contributed by atoms with Crippen molar-refractivity contribution in [2.45, 2.75) is 12.8 Å². The molecule has 2 saturated heterocycles. The monoisotopic (exact) mass is 417 g/mol. The number of piperazine rings is 1. The predicted molar refractivity (Wildman–Crippen MR) is 127 cm³/mol. The predicted octanol–water partition coefficient (Wildman–Crippen LogP) is 2.95. The fraction of sp³-hybridized carbons (Fsp3) is 0.458. The van der Waals surface area contributed by atoms with Crippen molar-refractivity contribution in [2.24, 2.45) is 0 Å². The molecule has 0 atom stereocenters. The third-order valence-electron chi connectivity index (χ3n) is 6.44. The third kappa shape index (κ3) is 4.62. The summed E-state index contributed by atoms with van der Waals surface area (Å²) in [5.41, 5.74) is 4.26. The van der Waals surface area contributed by atoms with Crippen LogP contribution in [0.4, 0.5) is 11.6 Å². The highest BCUT2D eigenvalue weighted by atomic mass is 15.3. The van der Waals surface area contributed by atoms with Crippen molar-refractivity contribution < 1.29 is 0 Å². The summed E-state index contributed by atoms with van der Waals surface area (Å²) in [4.78, 5) is 21.0. The Balaban J connectivity index is 1.29. The smallest absolute Gasteiger partial charge is 0.225 e. The van der Waals surface area contributed by atoms with Crippen LogP contribution in [0.2, 0.25) is 0 Å². The van der Waals surface area contributed by atoms with E-state index in [-0.39, 0.29) is 0 Å². The van der Waals surface area contributed by atoms with Crippen molar-refractivity contribution in [1.29, 1.82) is 0 Å². The van der Waals surface area contributed by atoms with E-state index in [9.17, 15) is 0 Å². The third-order valence-corrected chi connectivity index (χ3v) is 6.44. The first-order chi connectivity index (χ1) is 15.3. The van der Waals surface area contributed by atoms with Gasteiger partial charge in [0.2, 0.25) is 5.95 Å². The Bertz CT molecular complexity index is 1010. The molecule has 2 fully saturated rings. The van der Waals surface area contributed by atoms with E-state index < -0.39 is 0 Å². The van der Waals surface area contributed by atoms with Gasteiger partial charge in [-0.2, -0.15) is 0 Å². The lowest BCUT2D eigenvalue weighted by Gasteiger charge is -2.32. The molecule has 1 aromatic carbocycles. The van der Waals surface area contributed by atoms with Gasteiger partial charge in [-0.25, -0.2) is 9.97 Å². The summed E-state index contributed by atoms with van der Waals surface area (Å²) in [5, 5.41) is 4.76. The highest BCUT2D eigenvalue weighted by molar-refractivity contribution is 5.93. The molecule has 0 radical (unpaired) electrons. The molecule has 2 aromatic heterocycles. The van der Waals surface area contributed by atoms with Crippen molar-refractivity contribution in [1.82, 2.24) is 24.8 Å². The number of pyridine rings is 1. The number of hydrogen-bond acceptors (Lipinski definition) is 7. The largest absolute Gasteiger partial charge is 0.383 e. The molecule has 31 heavy (non-hydrogen) atoms. The molecule has 1 N–H and O–H groups in total. The van der Waals surface area contributed by atoms with Crippen LogP contribution < -0.4 is 10.2 Å². The SMILES string of the molecule is CN1CCN(c2ncc(-c3ccc4c(NCCN5CCCC5)ccnc4c3)cn2)CC1. The summed E-state index contributed by atoms with van der Waals surface area (Å²) in [6.07, 6.45) is 8.42. The molecule has 2 aliphatic rings. The minimum atomic E-state index is 0.820. The number of likely N-dealkylation sites (tertiary alicyclic amines) is 1. The fourth-order valence-electron chi connectivity index (χ4n) is 4.48.